The summed E-state index contributed by atoms with van der Waals surface area (Å²) in [5, 5.41) is 14.0. The van der Waals surface area contributed by atoms with Crippen LogP contribution in [0, 0.1) is 20.8 Å². The molecule has 1 heterocycles. The van der Waals surface area contributed by atoms with E-state index in [2.05, 4.69) is 211 Å². The van der Waals surface area contributed by atoms with Crippen LogP contribution in [0.5, 0.6) is 0 Å². The van der Waals surface area contributed by atoms with E-state index < -0.39 is 23.6 Å². The van der Waals surface area contributed by atoms with Crippen molar-refractivity contribution >= 4 is 64.6 Å². The van der Waals surface area contributed by atoms with Crippen molar-refractivity contribution in [2.45, 2.75) is 64.8 Å². The lowest BCUT2D eigenvalue weighted by Crippen LogP contribution is -2.47. The first-order chi connectivity index (χ1) is 29.7. The normalized spacial score (nSPS) is 16.7. The van der Waals surface area contributed by atoms with Gasteiger partial charge in [-0.25, -0.2) is 0 Å². The summed E-state index contributed by atoms with van der Waals surface area (Å²) in [5.41, 5.74) is 6.65. The summed E-state index contributed by atoms with van der Waals surface area (Å²) in [7, 11) is 0. The molecule has 3 heteroatoms. The first-order valence-electron chi connectivity index (χ1n) is 21.5. The summed E-state index contributed by atoms with van der Waals surface area (Å²) in [4.78, 5) is 0. The van der Waals surface area contributed by atoms with Gasteiger partial charge in [-0.15, -0.1) is 0 Å². The molecule has 0 amide bonds. The molecule has 1 aliphatic rings. The van der Waals surface area contributed by atoms with E-state index in [9.17, 15) is 0 Å². The number of benzene rings is 10. The minimum Gasteiger partial charge on any atom is -0.358 e. The predicted octanol–water partition coefficient (Wildman–Crippen LogP) is 14.9. The highest BCUT2D eigenvalue weighted by atomic mass is 16.8. The molecule has 0 spiro atoms. The van der Waals surface area contributed by atoms with Gasteiger partial charge in [0.25, 0.3) is 0 Å². The monoisotopic (exact) mass is 792 g/mol. The topological polar surface area (TPSA) is 27.7 Å². The summed E-state index contributed by atoms with van der Waals surface area (Å²) < 4.78 is 23.0. The van der Waals surface area contributed by atoms with Crippen LogP contribution in [0.4, 0.5) is 0 Å². The Bertz CT molecular complexity index is 3220. The van der Waals surface area contributed by atoms with Gasteiger partial charge in [-0.05, 0) is 140 Å². The lowest BCUT2D eigenvalue weighted by atomic mass is 9.72. The second kappa shape index (κ2) is 14.4. The van der Waals surface area contributed by atoms with E-state index in [1.54, 1.807) is 0 Å². The molecule has 1 aliphatic heterocycles. The number of hydrogen-bond acceptors (Lipinski definition) is 3. The summed E-state index contributed by atoms with van der Waals surface area (Å²) in [5.74, 6) is -0.966. The number of aryl methyl sites for hydroxylation is 3. The van der Waals surface area contributed by atoms with Crippen molar-refractivity contribution in [3.05, 3.63) is 215 Å². The van der Waals surface area contributed by atoms with Gasteiger partial charge in [0.05, 0.1) is 6.61 Å². The van der Waals surface area contributed by atoms with Crippen molar-refractivity contribution in [1.29, 1.82) is 0 Å². The van der Waals surface area contributed by atoms with E-state index in [0.717, 1.165) is 54.6 Å². The number of fused-ring (bicyclic) bond motifs is 9. The summed E-state index contributed by atoms with van der Waals surface area (Å²) >= 11 is 0. The zero-order valence-electron chi connectivity index (χ0n) is 35.3. The van der Waals surface area contributed by atoms with Crippen molar-refractivity contribution in [3.8, 4) is 0 Å². The Labute approximate surface area is 357 Å². The van der Waals surface area contributed by atoms with Crippen LogP contribution in [0.25, 0.3) is 64.6 Å². The largest absolute Gasteiger partial charge is 0.358 e. The molecular formula is C58H48O3. The molecule has 10 aromatic carbocycles. The lowest BCUT2D eigenvalue weighted by molar-refractivity contribution is -0.178. The molecule has 2 atom stereocenters. The molecule has 1 saturated heterocycles. The van der Waals surface area contributed by atoms with Gasteiger partial charge in [0.1, 0.15) is 17.8 Å². The number of hydrogen-bond donors (Lipinski definition) is 0. The Morgan fingerprint density at radius 1 is 0.443 bits per heavy atom. The van der Waals surface area contributed by atoms with Crippen molar-refractivity contribution in [2.24, 2.45) is 0 Å². The Morgan fingerprint density at radius 3 is 1.41 bits per heavy atom. The van der Waals surface area contributed by atoms with Crippen LogP contribution in [-0.4, -0.2) is 11.9 Å². The quantitative estimate of drug-likeness (QED) is 0.150. The Balaban J connectivity index is 1.33. The maximum Gasteiger partial charge on any atom is 0.164 e. The summed E-state index contributed by atoms with van der Waals surface area (Å²) in [6.45, 7) is 11.0. The van der Waals surface area contributed by atoms with Crippen LogP contribution < -0.4 is 0 Å². The number of ether oxygens (including phenoxy) is 3. The highest BCUT2D eigenvalue weighted by molar-refractivity contribution is 6.13. The van der Waals surface area contributed by atoms with Crippen molar-refractivity contribution in [2.75, 3.05) is 0 Å². The van der Waals surface area contributed by atoms with E-state index in [-0.39, 0.29) is 0 Å². The lowest BCUT2D eigenvalue weighted by Gasteiger charge is -2.43. The molecule has 2 unspecified atom stereocenters. The molecule has 61 heavy (non-hydrogen) atoms. The molecular weight excluding hydrogens is 745 g/mol. The zero-order valence-corrected chi connectivity index (χ0v) is 35.3. The maximum atomic E-state index is 8.01. The highest BCUT2D eigenvalue weighted by Crippen LogP contribution is 2.56. The molecule has 1 fully saturated rings. The van der Waals surface area contributed by atoms with Crippen molar-refractivity contribution in [3.63, 3.8) is 0 Å². The van der Waals surface area contributed by atoms with E-state index in [0.29, 0.717) is 6.61 Å². The average Bonchev–Trinajstić information content (AvgIpc) is 3.61. The van der Waals surface area contributed by atoms with Gasteiger partial charge < -0.3 is 14.2 Å². The first kappa shape index (κ1) is 37.6. The third-order valence-electron chi connectivity index (χ3n) is 13.0. The van der Waals surface area contributed by atoms with Crippen LogP contribution >= 0.6 is 0 Å². The fourth-order valence-electron chi connectivity index (χ4n) is 10.3. The standard InChI is InChI=1S/C58H48O3/c1-36-23-26-46-49(29-36)43-20-12-9-17-40(43)32-52(46)55-56(61-57(4,5)60-55)58(59-35-39-15-7-6-8-16-39,53-33-41-18-10-13-21-44(41)50-30-37(2)24-27-47(50)53)54-34-42-19-11-14-22-45(42)51-31-38(3)25-28-48(51)54/h6-34,55-56H,35H2,1-5H3. The summed E-state index contributed by atoms with van der Waals surface area (Å²) in [6, 6.07) is 64.4. The van der Waals surface area contributed by atoms with Gasteiger partial charge >= 0.3 is 0 Å². The average molecular weight is 793 g/mol. The molecule has 298 valence electrons. The van der Waals surface area contributed by atoms with E-state index in [1.165, 1.54) is 49.0 Å². The zero-order chi connectivity index (χ0) is 41.5. The third-order valence-corrected chi connectivity index (χ3v) is 13.0. The maximum absolute atomic E-state index is 8.01. The van der Waals surface area contributed by atoms with Crippen LogP contribution in [0.1, 0.15) is 58.9 Å². The fraction of sp³-hybridized carbons (Fsp3) is 0.172. The molecule has 0 radical (unpaired) electrons. The van der Waals surface area contributed by atoms with Crippen LogP contribution in [0.15, 0.2) is 176 Å². The van der Waals surface area contributed by atoms with Crippen LogP contribution in [0.3, 0.4) is 0 Å². The molecule has 0 aromatic heterocycles. The van der Waals surface area contributed by atoms with Gasteiger partial charge in [-0.2, -0.15) is 0 Å². The Kier molecular flexibility index (Phi) is 8.87. The van der Waals surface area contributed by atoms with Gasteiger partial charge in [0.2, 0.25) is 0 Å². The van der Waals surface area contributed by atoms with Crippen LogP contribution in [0.2, 0.25) is 0 Å². The molecule has 3 nitrogen and oxygen atoms in total. The minimum atomic E-state index is -1.23. The van der Waals surface area contributed by atoms with Crippen molar-refractivity contribution < 1.29 is 14.2 Å². The van der Waals surface area contributed by atoms with Crippen LogP contribution in [-0.2, 0) is 26.4 Å². The van der Waals surface area contributed by atoms with Gasteiger partial charge in [-0.1, -0.05) is 174 Å². The van der Waals surface area contributed by atoms with Crippen molar-refractivity contribution in [1.82, 2.24) is 0 Å². The summed E-state index contributed by atoms with van der Waals surface area (Å²) in [6.07, 6.45) is -1.20. The molecule has 11 rings (SSSR count). The second-order valence-corrected chi connectivity index (χ2v) is 17.6. The number of rotatable bonds is 7. The third kappa shape index (κ3) is 6.22. The SMILES string of the molecule is Cc1ccc2c(C3OC(C)(C)OC3C(OCc3ccccc3)(c3cc4ccccc4c4cc(C)ccc34)c3cc4ccccc4c4cc(C)ccc34)cc3ccccc3c2c1. The van der Waals surface area contributed by atoms with Gasteiger partial charge in [0, 0.05) is 0 Å². The smallest absolute Gasteiger partial charge is 0.164 e. The van der Waals surface area contributed by atoms with E-state index in [1.807, 2.05) is 0 Å². The Hall–Kier alpha value is -6.36. The minimum absolute atomic E-state index is 0.339. The molecule has 0 N–H and O–H groups in total. The molecule has 0 bridgehead atoms. The second-order valence-electron chi connectivity index (χ2n) is 17.6. The van der Waals surface area contributed by atoms with E-state index >= 15 is 0 Å². The van der Waals surface area contributed by atoms with E-state index in [4.69, 9.17) is 14.2 Å². The van der Waals surface area contributed by atoms with Gasteiger partial charge in [0.15, 0.2) is 5.79 Å². The molecule has 0 saturated carbocycles. The first-order valence-corrected chi connectivity index (χ1v) is 21.5. The molecule has 10 aromatic rings. The fourth-order valence-corrected chi connectivity index (χ4v) is 10.3. The highest BCUT2D eigenvalue weighted by Gasteiger charge is 2.57. The predicted molar refractivity (Wildman–Crippen MR) is 253 cm³/mol. The van der Waals surface area contributed by atoms with Gasteiger partial charge in [-0.3, -0.25) is 0 Å². The molecule has 0 aliphatic carbocycles. The Morgan fingerprint density at radius 2 is 0.885 bits per heavy atom.